The monoisotopic (exact) mass is 240 g/mol. The van der Waals surface area contributed by atoms with E-state index in [9.17, 15) is 4.79 Å². The number of rotatable bonds is 2. The van der Waals surface area contributed by atoms with E-state index in [4.69, 9.17) is 0 Å². The summed E-state index contributed by atoms with van der Waals surface area (Å²) in [6, 6.07) is 7.87. The molecule has 0 saturated heterocycles. The molecule has 0 spiro atoms. The number of anilines is 1. The van der Waals surface area contributed by atoms with E-state index in [0.717, 1.165) is 28.6 Å². The lowest BCUT2D eigenvalue weighted by atomic mass is 10.1. The van der Waals surface area contributed by atoms with Crippen LogP contribution in [0, 0.1) is 18.8 Å². The molecule has 1 saturated carbocycles. The molecule has 1 fully saturated rings. The summed E-state index contributed by atoms with van der Waals surface area (Å²) in [4.78, 5) is 16.4. The van der Waals surface area contributed by atoms with E-state index in [1.165, 1.54) is 0 Å². The van der Waals surface area contributed by atoms with E-state index in [1.807, 2.05) is 31.2 Å². The molecule has 2 aromatic rings. The van der Waals surface area contributed by atoms with E-state index in [2.05, 4.69) is 17.2 Å². The van der Waals surface area contributed by atoms with Gasteiger partial charge in [-0.15, -0.1) is 0 Å². The maximum atomic E-state index is 12.0. The standard InChI is InChI=1S/C15H16N2O/c1-9-5-6-13(11-4-3-7-16-14(9)11)17-15(18)12-8-10(12)2/h3-7,10,12H,8H2,1-2H3,(H,17,18). The lowest BCUT2D eigenvalue weighted by Crippen LogP contribution is -2.14. The highest BCUT2D eigenvalue weighted by Gasteiger charge is 2.39. The largest absolute Gasteiger partial charge is 0.325 e. The number of hydrogen-bond acceptors (Lipinski definition) is 2. The van der Waals surface area contributed by atoms with Gasteiger partial charge in [0.2, 0.25) is 5.91 Å². The highest BCUT2D eigenvalue weighted by Crippen LogP contribution is 2.39. The number of aryl methyl sites for hydroxylation is 1. The van der Waals surface area contributed by atoms with Gasteiger partial charge in [0, 0.05) is 17.5 Å². The fourth-order valence-electron chi connectivity index (χ4n) is 2.34. The molecule has 1 aromatic heterocycles. The van der Waals surface area contributed by atoms with E-state index >= 15 is 0 Å². The van der Waals surface area contributed by atoms with Gasteiger partial charge in [0.15, 0.2) is 0 Å². The highest BCUT2D eigenvalue weighted by atomic mass is 16.2. The zero-order valence-electron chi connectivity index (χ0n) is 10.6. The van der Waals surface area contributed by atoms with Crippen molar-refractivity contribution in [1.29, 1.82) is 0 Å². The first kappa shape index (κ1) is 11.2. The molecule has 18 heavy (non-hydrogen) atoms. The second-order valence-electron chi connectivity index (χ2n) is 5.14. The topological polar surface area (TPSA) is 42.0 Å². The summed E-state index contributed by atoms with van der Waals surface area (Å²) in [5, 5.41) is 4.04. The number of nitrogens with zero attached hydrogens (tertiary/aromatic N) is 1. The summed E-state index contributed by atoms with van der Waals surface area (Å²) in [6.45, 7) is 4.14. The third-order valence-electron chi connectivity index (χ3n) is 3.68. The molecule has 1 heterocycles. The van der Waals surface area contributed by atoms with Gasteiger partial charge in [0.25, 0.3) is 0 Å². The van der Waals surface area contributed by atoms with E-state index in [0.29, 0.717) is 5.92 Å². The quantitative estimate of drug-likeness (QED) is 0.876. The van der Waals surface area contributed by atoms with Gasteiger partial charge < -0.3 is 5.32 Å². The van der Waals surface area contributed by atoms with Crippen LogP contribution in [0.25, 0.3) is 10.9 Å². The average molecular weight is 240 g/mol. The smallest absolute Gasteiger partial charge is 0.227 e. The number of fused-ring (bicyclic) bond motifs is 1. The van der Waals surface area contributed by atoms with Crippen LogP contribution in [-0.2, 0) is 4.79 Å². The fraction of sp³-hybridized carbons (Fsp3) is 0.333. The number of hydrogen-bond donors (Lipinski definition) is 1. The molecule has 0 radical (unpaired) electrons. The van der Waals surface area contributed by atoms with Gasteiger partial charge >= 0.3 is 0 Å². The minimum atomic E-state index is 0.136. The molecule has 3 rings (SSSR count). The molecular weight excluding hydrogens is 224 g/mol. The first-order valence-corrected chi connectivity index (χ1v) is 6.32. The van der Waals surface area contributed by atoms with Gasteiger partial charge in [-0.05, 0) is 43.0 Å². The molecule has 1 aromatic carbocycles. The number of aromatic nitrogens is 1. The van der Waals surface area contributed by atoms with Crippen LogP contribution < -0.4 is 5.32 Å². The summed E-state index contributed by atoms with van der Waals surface area (Å²) in [5.41, 5.74) is 2.95. The number of carbonyl (C=O) groups excluding carboxylic acids is 1. The minimum Gasteiger partial charge on any atom is -0.325 e. The van der Waals surface area contributed by atoms with Crippen LogP contribution in [0.4, 0.5) is 5.69 Å². The van der Waals surface area contributed by atoms with Gasteiger partial charge in [0.1, 0.15) is 0 Å². The molecule has 0 aliphatic heterocycles. The predicted molar refractivity (Wildman–Crippen MR) is 72.4 cm³/mol. The van der Waals surface area contributed by atoms with Crippen LogP contribution in [0.2, 0.25) is 0 Å². The van der Waals surface area contributed by atoms with Gasteiger partial charge in [-0.2, -0.15) is 0 Å². The maximum Gasteiger partial charge on any atom is 0.227 e. The predicted octanol–water partition coefficient (Wildman–Crippen LogP) is 3.14. The summed E-state index contributed by atoms with van der Waals surface area (Å²) in [5.74, 6) is 0.856. The summed E-state index contributed by atoms with van der Waals surface area (Å²) < 4.78 is 0. The normalized spacial score (nSPS) is 21.9. The number of benzene rings is 1. The second kappa shape index (κ2) is 4.09. The Bertz CT molecular complexity index is 621. The minimum absolute atomic E-state index is 0.136. The van der Waals surface area contributed by atoms with Crippen molar-refractivity contribution in [3.05, 3.63) is 36.0 Å². The SMILES string of the molecule is Cc1ccc(NC(=O)C2CC2C)c2cccnc12. The Morgan fingerprint density at radius 3 is 2.89 bits per heavy atom. The van der Waals surface area contributed by atoms with Crippen LogP contribution in [-0.4, -0.2) is 10.9 Å². The average Bonchev–Trinajstić information content (AvgIpc) is 3.10. The first-order chi connectivity index (χ1) is 8.66. The highest BCUT2D eigenvalue weighted by molar-refractivity contribution is 6.03. The van der Waals surface area contributed by atoms with Crippen LogP contribution >= 0.6 is 0 Å². The molecule has 2 unspecified atom stereocenters. The number of pyridine rings is 1. The van der Waals surface area contributed by atoms with E-state index < -0.39 is 0 Å². The lowest BCUT2D eigenvalue weighted by molar-refractivity contribution is -0.117. The molecular formula is C15H16N2O. The van der Waals surface area contributed by atoms with Crippen LogP contribution in [0.1, 0.15) is 18.9 Å². The molecule has 0 bridgehead atoms. The Kier molecular flexibility index (Phi) is 2.54. The Hall–Kier alpha value is -1.90. The third-order valence-corrected chi connectivity index (χ3v) is 3.68. The van der Waals surface area contributed by atoms with Crippen LogP contribution in [0.15, 0.2) is 30.5 Å². The summed E-state index contributed by atoms with van der Waals surface area (Å²) in [6.07, 6.45) is 2.79. The van der Waals surface area contributed by atoms with Crippen molar-refractivity contribution in [2.75, 3.05) is 5.32 Å². The first-order valence-electron chi connectivity index (χ1n) is 6.32. The Morgan fingerprint density at radius 1 is 1.39 bits per heavy atom. The van der Waals surface area contributed by atoms with Crippen LogP contribution in [0.3, 0.4) is 0 Å². The summed E-state index contributed by atoms with van der Waals surface area (Å²) in [7, 11) is 0. The number of carbonyl (C=O) groups is 1. The zero-order chi connectivity index (χ0) is 12.7. The molecule has 1 aliphatic rings. The van der Waals surface area contributed by atoms with Crippen molar-refractivity contribution >= 4 is 22.5 Å². The molecule has 3 heteroatoms. The zero-order valence-corrected chi connectivity index (χ0v) is 10.6. The van der Waals surface area contributed by atoms with Gasteiger partial charge in [-0.1, -0.05) is 13.0 Å². The number of nitrogens with one attached hydrogen (secondary N) is 1. The molecule has 3 nitrogen and oxygen atoms in total. The molecule has 1 N–H and O–H groups in total. The Morgan fingerprint density at radius 2 is 2.17 bits per heavy atom. The maximum absolute atomic E-state index is 12.0. The molecule has 1 amide bonds. The number of amides is 1. The summed E-state index contributed by atoms with van der Waals surface area (Å²) >= 11 is 0. The van der Waals surface area contributed by atoms with Crippen molar-refractivity contribution < 1.29 is 4.79 Å². The van der Waals surface area contributed by atoms with Crippen molar-refractivity contribution in [1.82, 2.24) is 4.98 Å². The Balaban J connectivity index is 1.97. The molecule has 2 atom stereocenters. The van der Waals surface area contributed by atoms with E-state index in [-0.39, 0.29) is 11.8 Å². The van der Waals surface area contributed by atoms with E-state index in [1.54, 1.807) is 6.20 Å². The van der Waals surface area contributed by atoms with Crippen molar-refractivity contribution in [3.63, 3.8) is 0 Å². The van der Waals surface area contributed by atoms with Gasteiger partial charge in [-0.3, -0.25) is 9.78 Å². The molecule has 1 aliphatic carbocycles. The third kappa shape index (κ3) is 1.86. The lowest BCUT2D eigenvalue weighted by Gasteiger charge is -2.09. The van der Waals surface area contributed by atoms with Crippen molar-refractivity contribution in [2.45, 2.75) is 20.3 Å². The van der Waals surface area contributed by atoms with Crippen molar-refractivity contribution in [3.8, 4) is 0 Å². The Labute approximate surface area is 106 Å². The van der Waals surface area contributed by atoms with Crippen molar-refractivity contribution in [2.24, 2.45) is 11.8 Å². The van der Waals surface area contributed by atoms with Gasteiger partial charge in [-0.25, -0.2) is 0 Å². The van der Waals surface area contributed by atoms with Crippen LogP contribution in [0.5, 0.6) is 0 Å². The van der Waals surface area contributed by atoms with Gasteiger partial charge in [0.05, 0.1) is 11.2 Å². The molecule has 92 valence electrons. The second-order valence-corrected chi connectivity index (χ2v) is 5.14. The fourth-order valence-corrected chi connectivity index (χ4v) is 2.34.